The lowest BCUT2D eigenvalue weighted by atomic mass is 10.1. The maximum atomic E-state index is 11.9. The monoisotopic (exact) mass is 281 g/mol. The summed E-state index contributed by atoms with van der Waals surface area (Å²) in [6.45, 7) is 0.730. The first-order chi connectivity index (χ1) is 6.88. The summed E-state index contributed by atoms with van der Waals surface area (Å²) in [6.07, 6.45) is -4.17. The molecule has 1 atom stereocenters. The van der Waals surface area contributed by atoms with Crippen LogP contribution in [0.2, 0.25) is 0 Å². The van der Waals surface area contributed by atoms with Gasteiger partial charge in [0.05, 0.1) is 6.54 Å². The Bertz CT molecular complexity index is 325. The number of rotatable bonds is 3. The Hall–Kier alpha value is -0.550. The van der Waals surface area contributed by atoms with E-state index in [-0.39, 0.29) is 6.04 Å². The maximum Gasteiger partial charge on any atom is 0.401 e. The highest BCUT2D eigenvalue weighted by Gasteiger charge is 2.27. The third-order valence-corrected chi connectivity index (χ3v) is 2.45. The molecule has 15 heavy (non-hydrogen) atoms. The summed E-state index contributed by atoms with van der Waals surface area (Å²) in [5.74, 6) is 0. The van der Waals surface area contributed by atoms with Crippen LogP contribution in [-0.2, 0) is 0 Å². The minimum absolute atomic E-state index is 0.316. The Morgan fingerprint density at radius 2 is 2.07 bits per heavy atom. The minimum Gasteiger partial charge on any atom is -0.302 e. The van der Waals surface area contributed by atoms with Gasteiger partial charge in [-0.1, -0.05) is 28.1 Å². The van der Waals surface area contributed by atoms with Crippen LogP contribution in [0.25, 0.3) is 0 Å². The molecular formula is C10H11BrF3N. The molecule has 84 valence electrons. The molecule has 1 aromatic rings. The molecule has 1 nitrogen and oxygen atoms in total. The van der Waals surface area contributed by atoms with Crippen LogP contribution < -0.4 is 5.32 Å². The van der Waals surface area contributed by atoms with Crippen molar-refractivity contribution in [3.05, 3.63) is 34.3 Å². The van der Waals surface area contributed by atoms with Gasteiger partial charge in [0.1, 0.15) is 0 Å². The van der Waals surface area contributed by atoms with Crippen LogP contribution in [-0.4, -0.2) is 12.7 Å². The van der Waals surface area contributed by atoms with E-state index in [0.29, 0.717) is 0 Å². The van der Waals surface area contributed by atoms with Gasteiger partial charge in [-0.25, -0.2) is 0 Å². The number of alkyl halides is 3. The molecule has 0 heterocycles. The van der Waals surface area contributed by atoms with E-state index < -0.39 is 12.7 Å². The molecule has 0 saturated heterocycles. The molecule has 0 saturated carbocycles. The highest BCUT2D eigenvalue weighted by atomic mass is 79.9. The van der Waals surface area contributed by atoms with Gasteiger partial charge in [-0.3, -0.25) is 0 Å². The Morgan fingerprint density at radius 1 is 1.40 bits per heavy atom. The van der Waals surface area contributed by atoms with Crippen molar-refractivity contribution in [2.75, 3.05) is 6.54 Å². The van der Waals surface area contributed by atoms with E-state index in [1.807, 2.05) is 6.07 Å². The summed E-state index contributed by atoms with van der Waals surface area (Å²) in [5, 5.41) is 2.42. The molecule has 1 N–H and O–H groups in total. The van der Waals surface area contributed by atoms with Gasteiger partial charge in [0, 0.05) is 10.5 Å². The standard InChI is InChI=1S/C10H11BrF3N/c1-7(15-6-10(12,13)14)8-3-2-4-9(11)5-8/h2-5,7,15H,6H2,1H3/t7-/m0/s1. The van der Waals surface area contributed by atoms with Gasteiger partial charge >= 0.3 is 6.18 Å². The molecule has 0 aliphatic heterocycles. The second-order valence-electron chi connectivity index (χ2n) is 3.27. The quantitative estimate of drug-likeness (QED) is 0.892. The van der Waals surface area contributed by atoms with Crippen molar-refractivity contribution in [1.29, 1.82) is 0 Å². The minimum atomic E-state index is -4.17. The Kier molecular flexibility index (Phi) is 4.16. The fourth-order valence-corrected chi connectivity index (χ4v) is 1.58. The zero-order chi connectivity index (χ0) is 11.5. The predicted molar refractivity (Wildman–Crippen MR) is 56.6 cm³/mol. The highest BCUT2D eigenvalue weighted by molar-refractivity contribution is 9.10. The van der Waals surface area contributed by atoms with Gasteiger partial charge in [0.15, 0.2) is 0 Å². The number of halogens is 4. The van der Waals surface area contributed by atoms with E-state index in [1.54, 1.807) is 25.1 Å². The Labute approximate surface area is 94.8 Å². The average molecular weight is 282 g/mol. The van der Waals surface area contributed by atoms with E-state index in [9.17, 15) is 13.2 Å². The molecule has 0 spiro atoms. The molecule has 0 radical (unpaired) electrons. The lowest BCUT2D eigenvalue weighted by Gasteiger charge is -2.15. The smallest absolute Gasteiger partial charge is 0.302 e. The van der Waals surface area contributed by atoms with Crippen molar-refractivity contribution >= 4 is 15.9 Å². The van der Waals surface area contributed by atoms with Crippen LogP contribution in [0.5, 0.6) is 0 Å². The molecule has 5 heteroatoms. The first kappa shape index (κ1) is 12.5. The van der Waals surface area contributed by atoms with Crippen molar-refractivity contribution in [2.45, 2.75) is 19.1 Å². The molecule has 0 fully saturated rings. The Balaban J connectivity index is 2.58. The van der Waals surface area contributed by atoms with Gasteiger partial charge in [0.25, 0.3) is 0 Å². The lowest BCUT2D eigenvalue weighted by molar-refractivity contribution is -0.126. The summed E-state index contributed by atoms with van der Waals surface area (Å²) in [6, 6.07) is 6.90. The van der Waals surface area contributed by atoms with Crippen molar-refractivity contribution in [2.24, 2.45) is 0 Å². The second kappa shape index (κ2) is 4.99. The third kappa shape index (κ3) is 4.66. The second-order valence-corrected chi connectivity index (χ2v) is 4.19. The number of nitrogens with one attached hydrogen (secondary N) is 1. The molecule has 0 amide bonds. The summed E-state index contributed by atoms with van der Waals surface area (Å²) in [7, 11) is 0. The summed E-state index contributed by atoms with van der Waals surface area (Å²) < 4.78 is 36.7. The van der Waals surface area contributed by atoms with Gasteiger partial charge in [0.2, 0.25) is 0 Å². The molecule has 0 aliphatic rings. The number of hydrogen-bond acceptors (Lipinski definition) is 1. The van der Waals surface area contributed by atoms with Crippen LogP contribution in [0.15, 0.2) is 28.7 Å². The topological polar surface area (TPSA) is 12.0 Å². The molecule has 0 aromatic heterocycles. The van der Waals surface area contributed by atoms with Gasteiger partial charge in [-0.05, 0) is 24.6 Å². The van der Waals surface area contributed by atoms with Gasteiger partial charge in [-0.2, -0.15) is 13.2 Å². The predicted octanol–water partition coefficient (Wildman–Crippen LogP) is 3.66. The molecule has 0 aliphatic carbocycles. The zero-order valence-electron chi connectivity index (χ0n) is 8.11. The van der Waals surface area contributed by atoms with E-state index in [1.165, 1.54) is 0 Å². The van der Waals surface area contributed by atoms with Crippen LogP contribution in [0, 0.1) is 0 Å². The first-order valence-electron chi connectivity index (χ1n) is 4.44. The molecule has 1 rings (SSSR count). The first-order valence-corrected chi connectivity index (χ1v) is 5.23. The molecule has 1 aromatic carbocycles. The van der Waals surface area contributed by atoms with Gasteiger partial charge in [-0.15, -0.1) is 0 Å². The Morgan fingerprint density at radius 3 is 2.60 bits per heavy atom. The normalized spacial score (nSPS) is 13.9. The summed E-state index contributed by atoms with van der Waals surface area (Å²) >= 11 is 3.27. The maximum absolute atomic E-state index is 11.9. The van der Waals surface area contributed by atoms with E-state index in [4.69, 9.17) is 0 Å². The summed E-state index contributed by atoms with van der Waals surface area (Å²) in [5.41, 5.74) is 0.827. The van der Waals surface area contributed by atoms with Crippen molar-refractivity contribution in [1.82, 2.24) is 5.32 Å². The third-order valence-electron chi connectivity index (χ3n) is 1.96. The fourth-order valence-electron chi connectivity index (χ4n) is 1.16. The van der Waals surface area contributed by atoms with Crippen molar-refractivity contribution in [3.8, 4) is 0 Å². The summed E-state index contributed by atoms with van der Waals surface area (Å²) in [4.78, 5) is 0. The van der Waals surface area contributed by atoms with E-state index in [2.05, 4.69) is 21.2 Å². The zero-order valence-corrected chi connectivity index (χ0v) is 9.69. The lowest BCUT2D eigenvalue weighted by Crippen LogP contribution is -2.30. The van der Waals surface area contributed by atoms with E-state index in [0.717, 1.165) is 10.0 Å². The van der Waals surface area contributed by atoms with Crippen LogP contribution in [0.4, 0.5) is 13.2 Å². The number of hydrogen-bond donors (Lipinski definition) is 1. The van der Waals surface area contributed by atoms with Crippen molar-refractivity contribution in [3.63, 3.8) is 0 Å². The fraction of sp³-hybridized carbons (Fsp3) is 0.400. The van der Waals surface area contributed by atoms with Crippen LogP contribution in [0.3, 0.4) is 0 Å². The SMILES string of the molecule is C[C@H](NCC(F)(F)F)c1cccc(Br)c1. The molecular weight excluding hydrogens is 271 g/mol. The molecule has 0 unspecified atom stereocenters. The van der Waals surface area contributed by atoms with Gasteiger partial charge < -0.3 is 5.32 Å². The molecule has 0 bridgehead atoms. The van der Waals surface area contributed by atoms with Crippen LogP contribution >= 0.6 is 15.9 Å². The van der Waals surface area contributed by atoms with E-state index >= 15 is 0 Å². The van der Waals surface area contributed by atoms with Crippen LogP contribution in [0.1, 0.15) is 18.5 Å². The number of benzene rings is 1. The highest BCUT2D eigenvalue weighted by Crippen LogP contribution is 2.19. The van der Waals surface area contributed by atoms with Crippen molar-refractivity contribution < 1.29 is 13.2 Å². The largest absolute Gasteiger partial charge is 0.401 e. The average Bonchev–Trinajstić information content (AvgIpc) is 2.13.